The van der Waals surface area contributed by atoms with E-state index in [1.807, 2.05) is 6.08 Å². The maximum atomic E-state index is 13.4. The Morgan fingerprint density at radius 3 is 1.14 bits per heavy atom. The maximum absolute atomic E-state index is 13.4. The summed E-state index contributed by atoms with van der Waals surface area (Å²) in [6.45, 7) is 2.83. The van der Waals surface area contributed by atoms with Gasteiger partial charge in [-0.2, -0.15) is 0 Å². The molecule has 2 aliphatic rings. The minimum atomic E-state index is -1.79. The highest BCUT2D eigenvalue weighted by atomic mass is 16.7. The second-order valence-electron chi connectivity index (χ2n) is 27.1. The molecule has 1 amide bonds. The van der Waals surface area contributed by atoms with Gasteiger partial charge in [0.1, 0.15) is 48.8 Å². The van der Waals surface area contributed by atoms with Crippen LogP contribution in [0.5, 0.6) is 0 Å². The summed E-state index contributed by atoms with van der Waals surface area (Å²) >= 11 is 0. The number of ether oxygens (including phenoxy) is 4. The highest BCUT2D eigenvalue weighted by Gasteiger charge is 2.51. The number of aliphatic hydroxyl groups excluding tert-OH is 8. The fraction of sp³-hybridized carbons (Fsp3) is 0.883. The predicted molar refractivity (Wildman–Crippen MR) is 374 cm³/mol. The van der Waals surface area contributed by atoms with Gasteiger partial charge in [-0.15, -0.1) is 0 Å². The third kappa shape index (κ3) is 45.2. The van der Waals surface area contributed by atoms with E-state index in [0.717, 1.165) is 38.5 Å². The molecule has 2 saturated heterocycles. The van der Waals surface area contributed by atoms with Crippen LogP contribution in [0, 0.1) is 0 Å². The molecule has 2 heterocycles. The molecule has 534 valence electrons. The first-order valence-electron chi connectivity index (χ1n) is 38.4. The highest BCUT2D eigenvalue weighted by Crippen LogP contribution is 2.30. The number of aliphatic hydroxyl groups is 8. The number of carbonyl (C=O) groups is 1. The zero-order valence-electron chi connectivity index (χ0n) is 58.3. The third-order valence-electron chi connectivity index (χ3n) is 18.7. The number of allylic oxidation sites excluding steroid dienone is 7. The molecule has 0 aromatic rings. The van der Waals surface area contributed by atoms with Gasteiger partial charge in [0.25, 0.3) is 0 Å². The number of hydrogen-bond acceptors (Lipinski definition) is 13. The third-order valence-corrected chi connectivity index (χ3v) is 18.7. The number of amides is 1. The van der Waals surface area contributed by atoms with Gasteiger partial charge in [0, 0.05) is 6.42 Å². The topological polar surface area (TPSA) is 228 Å². The Morgan fingerprint density at radius 2 is 0.736 bits per heavy atom. The van der Waals surface area contributed by atoms with E-state index in [1.165, 1.54) is 270 Å². The number of unbranched alkanes of at least 4 members (excludes halogenated alkanes) is 45. The molecular weight excluding hydrogens is 1150 g/mol. The zero-order chi connectivity index (χ0) is 65.9. The van der Waals surface area contributed by atoms with Gasteiger partial charge in [-0.25, -0.2) is 0 Å². The molecule has 0 aromatic carbocycles. The van der Waals surface area contributed by atoms with Crippen LogP contribution in [0.3, 0.4) is 0 Å². The predicted octanol–water partition coefficient (Wildman–Crippen LogP) is 16.6. The molecule has 2 fully saturated rings. The average Bonchev–Trinajstić information content (AvgIpc) is 1.06. The second kappa shape index (κ2) is 61.5. The van der Waals surface area contributed by atoms with Crippen LogP contribution in [0.4, 0.5) is 0 Å². The molecule has 2 rings (SSSR count). The van der Waals surface area contributed by atoms with Crippen LogP contribution >= 0.6 is 0 Å². The SMILES string of the molecule is CCCCCCC/C=C\C/C=C\CCCCCCCCCCCCCCCCCCCC(=O)NC(COC1OC(CO)C(OC2OC(CO)C(O)C(O)C2O)C(O)C1O)C(O)/C=C/CC/C=C/CCCCCCCCCCCCCCCCCCCCCCCC. The van der Waals surface area contributed by atoms with Crippen LogP contribution in [0.2, 0.25) is 0 Å². The molecule has 0 radical (unpaired) electrons. The van der Waals surface area contributed by atoms with Gasteiger partial charge in [0.05, 0.1) is 32.0 Å². The summed E-state index contributed by atoms with van der Waals surface area (Å²) in [7, 11) is 0. The van der Waals surface area contributed by atoms with Crippen LogP contribution in [0.15, 0.2) is 48.6 Å². The minimum Gasteiger partial charge on any atom is -0.394 e. The Morgan fingerprint density at radius 1 is 0.396 bits per heavy atom. The van der Waals surface area contributed by atoms with Crippen molar-refractivity contribution in [3.63, 3.8) is 0 Å². The van der Waals surface area contributed by atoms with Crippen LogP contribution < -0.4 is 5.32 Å². The molecular formula is C77H143NO13. The fourth-order valence-corrected chi connectivity index (χ4v) is 12.6. The van der Waals surface area contributed by atoms with E-state index in [-0.39, 0.29) is 18.9 Å². The van der Waals surface area contributed by atoms with Crippen molar-refractivity contribution < 1.29 is 64.6 Å². The molecule has 0 aromatic heterocycles. The Balaban J connectivity index is 1.66. The lowest BCUT2D eigenvalue weighted by Crippen LogP contribution is -2.65. The van der Waals surface area contributed by atoms with E-state index in [1.54, 1.807) is 6.08 Å². The van der Waals surface area contributed by atoms with Gasteiger partial charge in [0.2, 0.25) is 5.91 Å². The molecule has 0 aliphatic carbocycles. The van der Waals surface area contributed by atoms with E-state index in [2.05, 4.69) is 55.6 Å². The van der Waals surface area contributed by atoms with E-state index < -0.39 is 86.8 Å². The van der Waals surface area contributed by atoms with Gasteiger partial charge in [-0.1, -0.05) is 319 Å². The molecule has 14 nitrogen and oxygen atoms in total. The van der Waals surface area contributed by atoms with Crippen molar-refractivity contribution in [1.29, 1.82) is 0 Å². The van der Waals surface area contributed by atoms with E-state index in [9.17, 15) is 45.6 Å². The zero-order valence-corrected chi connectivity index (χ0v) is 58.3. The second-order valence-corrected chi connectivity index (χ2v) is 27.1. The molecule has 12 atom stereocenters. The van der Waals surface area contributed by atoms with Crippen molar-refractivity contribution >= 4 is 5.91 Å². The largest absolute Gasteiger partial charge is 0.394 e. The van der Waals surface area contributed by atoms with E-state index in [4.69, 9.17) is 18.9 Å². The van der Waals surface area contributed by atoms with Gasteiger partial charge >= 0.3 is 0 Å². The van der Waals surface area contributed by atoms with Crippen molar-refractivity contribution in [1.82, 2.24) is 5.32 Å². The van der Waals surface area contributed by atoms with Crippen LogP contribution in [-0.4, -0.2) is 140 Å². The summed E-state index contributed by atoms with van der Waals surface area (Å²) in [5.74, 6) is -0.244. The maximum Gasteiger partial charge on any atom is 0.220 e. The lowest BCUT2D eigenvalue weighted by molar-refractivity contribution is -0.359. The normalized spacial score (nSPS) is 23.0. The van der Waals surface area contributed by atoms with E-state index >= 15 is 0 Å². The Labute approximate surface area is 556 Å². The molecule has 0 spiro atoms. The van der Waals surface area contributed by atoms with Crippen molar-refractivity contribution in [3.8, 4) is 0 Å². The van der Waals surface area contributed by atoms with Crippen LogP contribution in [-0.2, 0) is 23.7 Å². The quantitative estimate of drug-likeness (QED) is 0.0204. The summed E-state index contributed by atoms with van der Waals surface area (Å²) in [6, 6.07) is -0.933. The highest BCUT2D eigenvalue weighted by molar-refractivity contribution is 5.76. The molecule has 14 heteroatoms. The molecule has 0 saturated carbocycles. The number of rotatable bonds is 64. The molecule has 91 heavy (non-hydrogen) atoms. The van der Waals surface area contributed by atoms with Gasteiger partial charge in [0.15, 0.2) is 12.6 Å². The van der Waals surface area contributed by atoms with Crippen molar-refractivity contribution in [2.75, 3.05) is 19.8 Å². The lowest BCUT2D eigenvalue weighted by Gasteiger charge is -2.46. The first kappa shape index (κ1) is 85.0. The number of carbonyl (C=O) groups excluding carboxylic acids is 1. The first-order valence-corrected chi connectivity index (χ1v) is 38.4. The summed E-state index contributed by atoms with van der Waals surface area (Å²) < 4.78 is 22.9. The van der Waals surface area contributed by atoms with Gasteiger partial charge < -0.3 is 65.1 Å². The first-order chi connectivity index (χ1) is 44.6. The Kier molecular flexibility index (Phi) is 57.5. The summed E-state index contributed by atoms with van der Waals surface area (Å²) in [4.78, 5) is 13.4. The summed E-state index contributed by atoms with van der Waals surface area (Å²) in [5, 5.41) is 87.6. The number of nitrogens with one attached hydrogen (secondary N) is 1. The molecule has 12 unspecified atom stereocenters. The fourth-order valence-electron chi connectivity index (χ4n) is 12.6. The summed E-state index contributed by atoms with van der Waals surface area (Å²) in [6.07, 6.45) is 64.7. The smallest absolute Gasteiger partial charge is 0.220 e. The van der Waals surface area contributed by atoms with Gasteiger partial charge in [-0.05, 0) is 64.2 Å². The Bertz CT molecular complexity index is 1710. The van der Waals surface area contributed by atoms with Crippen LogP contribution in [0.1, 0.15) is 341 Å². The summed E-state index contributed by atoms with van der Waals surface area (Å²) in [5.41, 5.74) is 0. The van der Waals surface area contributed by atoms with Crippen molar-refractivity contribution in [3.05, 3.63) is 48.6 Å². The molecule has 9 N–H and O–H groups in total. The standard InChI is InChI=1S/C77H143NO13/c1-3-5-7-9-11-13-15-17-19-21-23-25-27-29-31-33-35-37-39-41-43-45-47-49-51-53-55-57-59-61-69(82)78-65(64-88-76-74(87)72(85)75(68(63-80)90-76)91-77-73(86)71(84)70(83)67(62-79)89-77)66(81)60-58-56-54-52-50-48-46-44-42-40-38-36-34-32-30-28-26-24-22-20-18-16-14-12-10-8-6-4-2/h15,17,21,23,50,52,58,60,65-68,70-77,79-81,83-87H,3-14,16,18-20,22,24-49,51,53-57,59,61-64H2,1-2H3,(H,78,82)/b17-15-,23-21-,52-50+,60-58+. The molecule has 2 aliphatic heterocycles. The molecule has 0 bridgehead atoms. The lowest BCUT2D eigenvalue weighted by atomic mass is 9.97. The average molecular weight is 1290 g/mol. The monoisotopic (exact) mass is 1290 g/mol. The van der Waals surface area contributed by atoms with Crippen LogP contribution in [0.25, 0.3) is 0 Å². The number of hydrogen-bond donors (Lipinski definition) is 9. The van der Waals surface area contributed by atoms with Crippen molar-refractivity contribution in [2.45, 2.75) is 415 Å². The Hall–Kier alpha value is -2.05. The minimum absolute atomic E-state index is 0.244. The van der Waals surface area contributed by atoms with Gasteiger partial charge in [-0.3, -0.25) is 4.79 Å². The van der Waals surface area contributed by atoms with Crippen molar-refractivity contribution in [2.24, 2.45) is 0 Å². The van der Waals surface area contributed by atoms with E-state index in [0.29, 0.717) is 12.8 Å².